The van der Waals surface area contributed by atoms with Crippen molar-refractivity contribution in [2.75, 3.05) is 0 Å². The number of halogens is 1. The Morgan fingerprint density at radius 2 is 1.40 bits per heavy atom. The molecule has 0 amide bonds. The minimum Gasteiger partial charge on any atom is -0.457 e. The molecular weight excluding hydrogens is 251 g/mol. The molecule has 2 rings (SSSR count). The molecule has 0 bridgehead atoms. The second kappa shape index (κ2) is 7.68. The van der Waals surface area contributed by atoms with Crippen LogP contribution in [0.2, 0.25) is 0 Å². The maximum atomic E-state index is 12.8. The molecule has 0 atom stereocenters. The number of unbranched alkanes of at least 4 members (excludes halogenated alkanes) is 3. The van der Waals surface area contributed by atoms with Crippen LogP contribution < -0.4 is 4.74 Å². The third-order valence-electron chi connectivity index (χ3n) is 3.29. The Bertz CT molecular complexity index is 502. The molecule has 0 radical (unpaired) electrons. The van der Waals surface area contributed by atoms with Gasteiger partial charge in [0, 0.05) is 0 Å². The number of benzene rings is 2. The van der Waals surface area contributed by atoms with E-state index in [0.29, 0.717) is 5.75 Å². The van der Waals surface area contributed by atoms with Crippen LogP contribution in [0.5, 0.6) is 11.5 Å². The van der Waals surface area contributed by atoms with Gasteiger partial charge in [0.25, 0.3) is 0 Å². The van der Waals surface area contributed by atoms with Crippen molar-refractivity contribution in [3.8, 4) is 11.5 Å². The Kier molecular flexibility index (Phi) is 5.60. The first-order chi connectivity index (χ1) is 9.78. The van der Waals surface area contributed by atoms with Gasteiger partial charge >= 0.3 is 0 Å². The van der Waals surface area contributed by atoms with Crippen LogP contribution in [0.1, 0.15) is 38.2 Å². The summed E-state index contributed by atoms with van der Waals surface area (Å²) in [5, 5.41) is 0. The summed E-state index contributed by atoms with van der Waals surface area (Å²) < 4.78 is 18.5. The Labute approximate surface area is 120 Å². The smallest absolute Gasteiger partial charge is 0.127 e. The first kappa shape index (κ1) is 14.6. The van der Waals surface area contributed by atoms with Crippen molar-refractivity contribution in [1.29, 1.82) is 0 Å². The highest BCUT2D eigenvalue weighted by Gasteiger charge is 1.99. The second-order valence-corrected chi connectivity index (χ2v) is 5.01. The van der Waals surface area contributed by atoms with Crippen LogP contribution in [-0.2, 0) is 6.42 Å². The van der Waals surface area contributed by atoms with Gasteiger partial charge in [0.1, 0.15) is 17.3 Å². The summed E-state index contributed by atoms with van der Waals surface area (Å²) in [7, 11) is 0. The fourth-order valence-corrected chi connectivity index (χ4v) is 2.12. The molecule has 2 aromatic rings. The zero-order chi connectivity index (χ0) is 14.2. The van der Waals surface area contributed by atoms with E-state index in [1.54, 1.807) is 12.1 Å². The monoisotopic (exact) mass is 272 g/mol. The predicted molar refractivity (Wildman–Crippen MR) is 80.8 cm³/mol. The van der Waals surface area contributed by atoms with Gasteiger partial charge in [0.2, 0.25) is 0 Å². The molecule has 0 saturated heterocycles. The van der Waals surface area contributed by atoms with Gasteiger partial charge in [-0.2, -0.15) is 0 Å². The van der Waals surface area contributed by atoms with Gasteiger partial charge in [-0.25, -0.2) is 4.39 Å². The van der Waals surface area contributed by atoms with Gasteiger partial charge < -0.3 is 4.74 Å². The summed E-state index contributed by atoms with van der Waals surface area (Å²) in [6.07, 6.45) is 6.24. The van der Waals surface area contributed by atoms with Crippen LogP contribution in [0.15, 0.2) is 48.5 Å². The van der Waals surface area contributed by atoms with Gasteiger partial charge in [-0.3, -0.25) is 0 Å². The molecule has 0 aliphatic heterocycles. The second-order valence-electron chi connectivity index (χ2n) is 5.01. The highest BCUT2D eigenvalue weighted by atomic mass is 19.1. The molecule has 0 N–H and O–H groups in total. The number of hydrogen-bond donors (Lipinski definition) is 0. The summed E-state index contributed by atoms with van der Waals surface area (Å²) in [6, 6.07) is 14.2. The summed E-state index contributed by atoms with van der Waals surface area (Å²) in [6.45, 7) is 2.22. The third-order valence-corrected chi connectivity index (χ3v) is 3.29. The number of aryl methyl sites for hydroxylation is 1. The van der Waals surface area contributed by atoms with E-state index in [1.807, 2.05) is 12.1 Å². The van der Waals surface area contributed by atoms with E-state index in [2.05, 4.69) is 19.1 Å². The topological polar surface area (TPSA) is 9.23 Å². The Morgan fingerprint density at radius 1 is 0.800 bits per heavy atom. The van der Waals surface area contributed by atoms with Gasteiger partial charge in [0.15, 0.2) is 0 Å². The molecule has 0 spiro atoms. The van der Waals surface area contributed by atoms with Crippen molar-refractivity contribution in [1.82, 2.24) is 0 Å². The van der Waals surface area contributed by atoms with Gasteiger partial charge in [0.05, 0.1) is 0 Å². The van der Waals surface area contributed by atoms with E-state index in [4.69, 9.17) is 4.74 Å². The number of rotatable bonds is 7. The molecule has 0 saturated carbocycles. The molecule has 0 heterocycles. The van der Waals surface area contributed by atoms with E-state index >= 15 is 0 Å². The fourth-order valence-electron chi connectivity index (χ4n) is 2.12. The lowest BCUT2D eigenvalue weighted by Gasteiger charge is -2.07. The fraction of sp³-hybridized carbons (Fsp3) is 0.333. The van der Waals surface area contributed by atoms with E-state index in [0.717, 1.165) is 12.2 Å². The van der Waals surface area contributed by atoms with Crippen molar-refractivity contribution in [3.63, 3.8) is 0 Å². The first-order valence-corrected chi connectivity index (χ1v) is 7.30. The van der Waals surface area contributed by atoms with Crippen molar-refractivity contribution >= 4 is 0 Å². The van der Waals surface area contributed by atoms with Crippen LogP contribution in [-0.4, -0.2) is 0 Å². The van der Waals surface area contributed by atoms with Gasteiger partial charge in [-0.1, -0.05) is 38.3 Å². The lowest BCUT2D eigenvalue weighted by Crippen LogP contribution is -1.88. The molecule has 2 heteroatoms. The van der Waals surface area contributed by atoms with Gasteiger partial charge in [-0.05, 0) is 54.8 Å². The average Bonchev–Trinajstić information content (AvgIpc) is 2.48. The maximum Gasteiger partial charge on any atom is 0.127 e. The molecule has 20 heavy (non-hydrogen) atoms. The molecule has 1 nitrogen and oxygen atoms in total. The van der Waals surface area contributed by atoms with Crippen LogP contribution in [0.25, 0.3) is 0 Å². The summed E-state index contributed by atoms with van der Waals surface area (Å²) >= 11 is 0. The molecular formula is C18H21FO. The van der Waals surface area contributed by atoms with Crippen molar-refractivity contribution in [2.24, 2.45) is 0 Å². The summed E-state index contributed by atoms with van der Waals surface area (Å²) in [5.74, 6) is 1.19. The quantitative estimate of drug-likeness (QED) is 0.584. The largest absolute Gasteiger partial charge is 0.457 e. The zero-order valence-electron chi connectivity index (χ0n) is 11.9. The minimum absolute atomic E-state index is 0.250. The summed E-state index contributed by atoms with van der Waals surface area (Å²) in [5.41, 5.74) is 1.34. The van der Waals surface area contributed by atoms with Crippen molar-refractivity contribution in [3.05, 3.63) is 59.9 Å². The molecule has 0 fully saturated rings. The standard InChI is InChI=1S/C18H21FO/c1-2-3-4-5-6-15-7-11-17(12-8-15)20-18-13-9-16(19)10-14-18/h7-14H,2-6H2,1H3. The SMILES string of the molecule is CCCCCCc1ccc(Oc2ccc(F)cc2)cc1. The molecule has 0 aliphatic rings. The first-order valence-electron chi connectivity index (χ1n) is 7.30. The Morgan fingerprint density at radius 3 is 2.00 bits per heavy atom. The van der Waals surface area contributed by atoms with Gasteiger partial charge in [-0.15, -0.1) is 0 Å². The van der Waals surface area contributed by atoms with Crippen LogP contribution in [0, 0.1) is 5.82 Å². The average molecular weight is 272 g/mol. The highest BCUT2D eigenvalue weighted by Crippen LogP contribution is 2.22. The molecule has 106 valence electrons. The van der Waals surface area contributed by atoms with E-state index in [1.165, 1.54) is 43.4 Å². The maximum absolute atomic E-state index is 12.8. The Hall–Kier alpha value is -1.83. The summed E-state index contributed by atoms with van der Waals surface area (Å²) in [4.78, 5) is 0. The predicted octanol–water partition coefficient (Wildman–Crippen LogP) is 5.74. The highest BCUT2D eigenvalue weighted by molar-refractivity contribution is 5.33. The Balaban J connectivity index is 1.86. The van der Waals surface area contributed by atoms with Crippen LogP contribution in [0.3, 0.4) is 0 Å². The molecule has 2 aromatic carbocycles. The lowest BCUT2D eigenvalue weighted by atomic mass is 10.1. The molecule has 0 aliphatic carbocycles. The van der Waals surface area contributed by atoms with E-state index in [9.17, 15) is 4.39 Å². The minimum atomic E-state index is -0.250. The van der Waals surface area contributed by atoms with Crippen molar-refractivity contribution < 1.29 is 9.13 Å². The van der Waals surface area contributed by atoms with Crippen LogP contribution >= 0.6 is 0 Å². The zero-order valence-corrected chi connectivity index (χ0v) is 11.9. The third kappa shape index (κ3) is 4.69. The number of hydrogen-bond acceptors (Lipinski definition) is 1. The molecule has 0 aromatic heterocycles. The van der Waals surface area contributed by atoms with E-state index in [-0.39, 0.29) is 5.82 Å². The van der Waals surface area contributed by atoms with Crippen molar-refractivity contribution in [2.45, 2.75) is 39.0 Å². The lowest BCUT2D eigenvalue weighted by molar-refractivity contribution is 0.480. The van der Waals surface area contributed by atoms with Crippen LogP contribution in [0.4, 0.5) is 4.39 Å². The normalized spacial score (nSPS) is 10.5. The molecule has 0 unspecified atom stereocenters. The number of ether oxygens (including phenoxy) is 1. The van der Waals surface area contributed by atoms with E-state index < -0.39 is 0 Å².